The lowest BCUT2D eigenvalue weighted by Gasteiger charge is -2.27. The zero-order valence-electron chi connectivity index (χ0n) is 11.7. The molecule has 0 fully saturated rings. The van der Waals surface area contributed by atoms with Gasteiger partial charge in [0.05, 0.1) is 6.10 Å². The average molecular weight is 366 g/mol. The highest BCUT2D eigenvalue weighted by atomic mass is 79.9. The fraction of sp³-hybridized carbons (Fsp3) is 0.333. The minimum atomic E-state index is -0.522. The molecule has 0 saturated heterocycles. The van der Waals surface area contributed by atoms with Crippen LogP contribution in [0.2, 0.25) is 5.02 Å². The number of hydrogen-bond donors (Lipinski definition) is 1. The maximum atomic E-state index is 10.6. The molecule has 0 aromatic heterocycles. The van der Waals surface area contributed by atoms with Gasteiger partial charge >= 0.3 is 0 Å². The lowest BCUT2D eigenvalue weighted by Crippen LogP contribution is -2.13. The maximum absolute atomic E-state index is 10.6. The molecule has 110 valence electrons. The third-order valence-electron chi connectivity index (χ3n) is 4.32. The van der Waals surface area contributed by atoms with Crippen LogP contribution >= 0.6 is 27.5 Å². The highest BCUT2D eigenvalue weighted by molar-refractivity contribution is 9.10. The van der Waals surface area contributed by atoms with Gasteiger partial charge in [-0.05, 0) is 60.9 Å². The maximum Gasteiger partial charge on any atom is 0.0810 e. The largest absolute Gasteiger partial charge is 0.388 e. The summed E-state index contributed by atoms with van der Waals surface area (Å²) in [7, 11) is 0. The molecule has 2 aromatic carbocycles. The van der Waals surface area contributed by atoms with Crippen molar-refractivity contribution in [2.24, 2.45) is 0 Å². The van der Waals surface area contributed by atoms with E-state index in [-0.39, 0.29) is 0 Å². The minimum absolute atomic E-state index is 0.417. The van der Waals surface area contributed by atoms with Crippen LogP contribution in [-0.4, -0.2) is 5.11 Å². The summed E-state index contributed by atoms with van der Waals surface area (Å²) in [5.41, 5.74) is 3.64. The molecule has 0 bridgehead atoms. The van der Waals surface area contributed by atoms with Gasteiger partial charge in [0.25, 0.3) is 0 Å². The summed E-state index contributed by atoms with van der Waals surface area (Å²) >= 11 is 9.67. The fourth-order valence-electron chi connectivity index (χ4n) is 3.27. The molecule has 1 aliphatic carbocycles. The zero-order valence-corrected chi connectivity index (χ0v) is 14.1. The van der Waals surface area contributed by atoms with E-state index in [0.29, 0.717) is 10.9 Å². The number of aliphatic hydroxyl groups excluding tert-OH is 1. The molecule has 3 rings (SSSR count). The first-order valence-corrected chi connectivity index (χ1v) is 8.53. The van der Waals surface area contributed by atoms with Gasteiger partial charge in [0.1, 0.15) is 0 Å². The number of benzene rings is 2. The molecule has 0 heterocycles. The van der Waals surface area contributed by atoms with E-state index in [0.717, 1.165) is 29.3 Å². The van der Waals surface area contributed by atoms with Crippen molar-refractivity contribution in [1.29, 1.82) is 0 Å². The molecule has 21 heavy (non-hydrogen) atoms. The van der Waals surface area contributed by atoms with Crippen molar-refractivity contribution in [3.8, 4) is 0 Å². The predicted octanol–water partition coefficient (Wildman–Crippen LogP) is 5.65. The molecule has 2 aromatic rings. The third kappa shape index (κ3) is 3.33. The first-order chi connectivity index (χ1) is 10.1. The zero-order chi connectivity index (χ0) is 14.8. The van der Waals surface area contributed by atoms with Crippen LogP contribution in [0.25, 0.3) is 0 Å². The van der Waals surface area contributed by atoms with E-state index in [4.69, 9.17) is 11.6 Å². The molecule has 1 aliphatic rings. The molecule has 2 atom stereocenters. The van der Waals surface area contributed by atoms with Crippen LogP contribution in [0.1, 0.15) is 48.0 Å². The van der Waals surface area contributed by atoms with E-state index < -0.39 is 6.10 Å². The molecule has 1 N–H and O–H groups in total. The predicted molar refractivity (Wildman–Crippen MR) is 90.8 cm³/mol. The Bertz CT molecular complexity index is 641. The number of fused-ring (bicyclic) bond motifs is 1. The SMILES string of the molecule is OC(CC1CCCc2ccccc21)c1cc(Br)ccc1Cl. The average Bonchev–Trinajstić information content (AvgIpc) is 2.50. The van der Waals surface area contributed by atoms with Crippen LogP contribution < -0.4 is 0 Å². The van der Waals surface area contributed by atoms with E-state index in [1.54, 1.807) is 0 Å². The van der Waals surface area contributed by atoms with Crippen molar-refractivity contribution >= 4 is 27.5 Å². The van der Waals surface area contributed by atoms with Gasteiger partial charge in [-0.3, -0.25) is 0 Å². The summed E-state index contributed by atoms with van der Waals surface area (Å²) in [6.45, 7) is 0. The number of aryl methyl sites for hydroxylation is 1. The van der Waals surface area contributed by atoms with Gasteiger partial charge < -0.3 is 5.11 Å². The first-order valence-electron chi connectivity index (χ1n) is 7.36. The van der Waals surface area contributed by atoms with Gasteiger partial charge in [-0.1, -0.05) is 51.8 Å². The second kappa shape index (κ2) is 6.51. The molecule has 0 saturated carbocycles. The van der Waals surface area contributed by atoms with Crippen LogP contribution in [0.3, 0.4) is 0 Å². The molecule has 3 heteroatoms. The summed E-state index contributed by atoms with van der Waals surface area (Å²) in [6.07, 6.45) is 3.69. The van der Waals surface area contributed by atoms with E-state index in [2.05, 4.69) is 40.2 Å². The van der Waals surface area contributed by atoms with E-state index in [1.807, 2.05) is 18.2 Å². The highest BCUT2D eigenvalue weighted by Crippen LogP contribution is 2.39. The Morgan fingerprint density at radius 3 is 2.90 bits per heavy atom. The lowest BCUT2D eigenvalue weighted by atomic mass is 9.79. The van der Waals surface area contributed by atoms with Gasteiger partial charge in [-0.15, -0.1) is 0 Å². The normalized spacial score (nSPS) is 19.1. The van der Waals surface area contributed by atoms with E-state index in [9.17, 15) is 5.11 Å². The first kappa shape index (κ1) is 15.1. The van der Waals surface area contributed by atoms with Crippen molar-refractivity contribution in [3.05, 3.63) is 68.7 Å². The van der Waals surface area contributed by atoms with Gasteiger partial charge in [-0.2, -0.15) is 0 Å². The molecule has 0 aliphatic heterocycles. The van der Waals surface area contributed by atoms with Crippen LogP contribution in [0, 0.1) is 0 Å². The van der Waals surface area contributed by atoms with E-state index >= 15 is 0 Å². The topological polar surface area (TPSA) is 20.2 Å². The molecular formula is C18H18BrClO. The fourth-order valence-corrected chi connectivity index (χ4v) is 3.89. The number of hydrogen-bond acceptors (Lipinski definition) is 1. The molecular weight excluding hydrogens is 348 g/mol. The lowest BCUT2D eigenvalue weighted by molar-refractivity contribution is 0.154. The van der Waals surface area contributed by atoms with Crippen LogP contribution in [0.15, 0.2) is 46.9 Å². The summed E-state index contributed by atoms with van der Waals surface area (Å²) < 4.78 is 0.949. The van der Waals surface area contributed by atoms with E-state index in [1.165, 1.54) is 17.5 Å². The second-order valence-electron chi connectivity index (χ2n) is 5.71. The number of rotatable bonds is 3. The summed E-state index contributed by atoms with van der Waals surface area (Å²) in [4.78, 5) is 0. The Hall–Kier alpha value is -0.830. The highest BCUT2D eigenvalue weighted by Gasteiger charge is 2.24. The standard InChI is InChI=1S/C18H18BrClO/c19-14-8-9-17(20)16(11-14)18(21)10-13-6-3-5-12-4-1-2-7-15(12)13/h1-2,4,7-9,11,13,18,21H,3,5-6,10H2. The smallest absolute Gasteiger partial charge is 0.0810 e. The van der Waals surface area contributed by atoms with Crippen molar-refractivity contribution in [2.45, 2.75) is 37.7 Å². The van der Waals surface area contributed by atoms with Crippen LogP contribution in [0.4, 0.5) is 0 Å². The Morgan fingerprint density at radius 2 is 2.05 bits per heavy atom. The Balaban J connectivity index is 1.82. The van der Waals surface area contributed by atoms with Crippen molar-refractivity contribution < 1.29 is 5.11 Å². The summed E-state index contributed by atoms with van der Waals surface area (Å²) in [5.74, 6) is 0.417. The van der Waals surface area contributed by atoms with Gasteiger partial charge in [-0.25, -0.2) is 0 Å². The monoisotopic (exact) mass is 364 g/mol. The number of aliphatic hydroxyl groups is 1. The molecule has 0 spiro atoms. The third-order valence-corrected chi connectivity index (χ3v) is 5.16. The minimum Gasteiger partial charge on any atom is -0.388 e. The van der Waals surface area contributed by atoms with Gasteiger partial charge in [0.15, 0.2) is 0 Å². The quantitative estimate of drug-likeness (QED) is 0.745. The molecule has 2 unspecified atom stereocenters. The molecule has 0 amide bonds. The number of halogens is 2. The van der Waals surface area contributed by atoms with Crippen LogP contribution in [0.5, 0.6) is 0 Å². The molecule has 0 radical (unpaired) electrons. The molecule has 1 nitrogen and oxygen atoms in total. The Morgan fingerprint density at radius 1 is 1.24 bits per heavy atom. The van der Waals surface area contributed by atoms with Gasteiger partial charge in [0, 0.05) is 15.1 Å². The van der Waals surface area contributed by atoms with Crippen molar-refractivity contribution in [1.82, 2.24) is 0 Å². The second-order valence-corrected chi connectivity index (χ2v) is 7.03. The Labute approximate surface area is 139 Å². The Kier molecular flexibility index (Phi) is 4.68. The van der Waals surface area contributed by atoms with Gasteiger partial charge in [0.2, 0.25) is 0 Å². The van der Waals surface area contributed by atoms with Crippen molar-refractivity contribution in [3.63, 3.8) is 0 Å². The summed E-state index contributed by atoms with van der Waals surface area (Å²) in [6, 6.07) is 14.3. The van der Waals surface area contributed by atoms with Crippen molar-refractivity contribution in [2.75, 3.05) is 0 Å². The van der Waals surface area contributed by atoms with Crippen LogP contribution in [-0.2, 0) is 6.42 Å². The summed E-state index contributed by atoms with van der Waals surface area (Å²) in [5, 5.41) is 11.2.